The van der Waals surface area contributed by atoms with Crippen molar-refractivity contribution in [3.63, 3.8) is 0 Å². The van der Waals surface area contributed by atoms with E-state index in [1.165, 1.54) is 0 Å². The highest BCUT2D eigenvalue weighted by molar-refractivity contribution is 8.00. The van der Waals surface area contributed by atoms with Crippen LogP contribution in [-0.2, 0) is 4.74 Å². The van der Waals surface area contributed by atoms with E-state index < -0.39 is 0 Å². The van der Waals surface area contributed by atoms with Crippen molar-refractivity contribution < 1.29 is 4.74 Å². The van der Waals surface area contributed by atoms with Crippen LogP contribution in [0.1, 0.15) is 11.4 Å². The molecule has 2 rings (SSSR count). The van der Waals surface area contributed by atoms with Crippen LogP contribution in [0.5, 0.6) is 0 Å². The van der Waals surface area contributed by atoms with Crippen LogP contribution in [0.4, 0.5) is 0 Å². The Morgan fingerprint density at radius 1 is 1.57 bits per heavy atom. The molecule has 0 aromatic carbocycles. The van der Waals surface area contributed by atoms with E-state index in [1.807, 2.05) is 19.1 Å². The molecular formula is C10H10N2OS. The van der Waals surface area contributed by atoms with E-state index in [9.17, 15) is 0 Å². The van der Waals surface area contributed by atoms with Crippen LogP contribution in [0.15, 0.2) is 17.0 Å². The molecule has 14 heavy (non-hydrogen) atoms. The van der Waals surface area contributed by atoms with Crippen LogP contribution >= 0.6 is 11.8 Å². The third-order valence-electron chi connectivity index (χ3n) is 1.95. The number of aryl methyl sites for hydroxylation is 1. The summed E-state index contributed by atoms with van der Waals surface area (Å²) in [4.78, 5) is 5.21. The zero-order valence-corrected chi connectivity index (χ0v) is 8.67. The number of hydrogen-bond acceptors (Lipinski definition) is 4. The Morgan fingerprint density at radius 3 is 2.93 bits per heavy atom. The first-order valence-corrected chi connectivity index (χ1v) is 5.29. The molecule has 0 amide bonds. The summed E-state index contributed by atoms with van der Waals surface area (Å²) in [5.74, 6) is 0. The summed E-state index contributed by atoms with van der Waals surface area (Å²) in [5, 5.41) is 9.29. The van der Waals surface area contributed by atoms with Crippen molar-refractivity contribution in [2.45, 2.75) is 17.1 Å². The number of thioether (sulfide) groups is 1. The van der Waals surface area contributed by atoms with Crippen LogP contribution < -0.4 is 0 Å². The number of aromatic nitrogens is 1. The van der Waals surface area contributed by atoms with E-state index in [1.54, 1.807) is 11.8 Å². The zero-order chi connectivity index (χ0) is 9.97. The van der Waals surface area contributed by atoms with Gasteiger partial charge in [0.1, 0.15) is 11.8 Å². The molecule has 4 heteroatoms. The average molecular weight is 206 g/mol. The maximum Gasteiger partial charge on any atom is 0.141 e. The quantitative estimate of drug-likeness (QED) is 0.739. The molecule has 3 nitrogen and oxygen atoms in total. The van der Waals surface area contributed by atoms with Crippen molar-refractivity contribution in [1.29, 1.82) is 5.26 Å². The standard InChI is InChI=1S/C10H10N2OS/c1-7-2-9(3-8(4-11)12-7)14-10-5-13-6-10/h2-3,10H,5-6H2,1H3. The van der Waals surface area contributed by atoms with Gasteiger partial charge in [-0.3, -0.25) is 0 Å². The van der Waals surface area contributed by atoms with E-state index in [2.05, 4.69) is 11.1 Å². The Kier molecular flexibility index (Phi) is 2.71. The molecule has 1 fully saturated rings. The highest BCUT2D eigenvalue weighted by Gasteiger charge is 2.19. The van der Waals surface area contributed by atoms with Gasteiger partial charge in [0, 0.05) is 10.6 Å². The third kappa shape index (κ3) is 2.06. The van der Waals surface area contributed by atoms with Crippen molar-refractivity contribution in [3.05, 3.63) is 23.5 Å². The van der Waals surface area contributed by atoms with Gasteiger partial charge in [-0.15, -0.1) is 11.8 Å². The molecule has 0 bridgehead atoms. The molecule has 2 heterocycles. The maximum atomic E-state index is 8.75. The number of rotatable bonds is 2. The number of nitrogens with zero attached hydrogens (tertiary/aromatic N) is 2. The Balaban J connectivity index is 2.16. The lowest BCUT2D eigenvalue weighted by Gasteiger charge is -2.25. The molecule has 72 valence electrons. The van der Waals surface area contributed by atoms with E-state index in [0.717, 1.165) is 23.8 Å². The molecule has 1 aromatic heterocycles. The Bertz CT molecular complexity index is 382. The Labute approximate surface area is 87.1 Å². The first kappa shape index (κ1) is 9.50. The second kappa shape index (κ2) is 3.99. The molecule has 1 aromatic rings. The van der Waals surface area contributed by atoms with E-state index in [-0.39, 0.29) is 0 Å². The number of hydrogen-bond donors (Lipinski definition) is 0. The third-order valence-corrected chi connectivity index (χ3v) is 3.07. The molecule has 0 radical (unpaired) electrons. The van der Waals surface area contributed by atoms with Crippen LogP contribution in [0.3, 0.4) is 0 Å². The van der Waals surface area contributed by atoms with E-state index in [4.69, 9.17) is 10.00 Å². The second-order valence-electron chi connectivity index (χ2n) is 3.22. The van der Waals surface area contributed by atoms with Gasteiger partial charge in [-0.1, -0.05) is 0 Å². The molecule has 0 unspecified atom stereocenters. The average Bonchev–Trinajstić information content (AvgIpc) is 2.10. The van der Waals surface area contributed by atoms with Crippen LogP contribution in [0.25, 0.3) is 0 Å². The fourth-order valence-electron chi connectivity index (χ4n) is 1.24. The molecule has 0 N–H and O–H groups in total. The van der Waals surface area contributed by atoms with Crippen molar-refractivity contribution >= 4 is 11.8 Å². The number of nitriles is 1. The van der Waals surface area contributed by atoms with Crippen molar-refractivity contribution in [2.75, 3.05) is 13.2 Å². The molecule has 1 aliphatic rings. The lowest BCUT2D eigenvalue weighted by Crippen LogP contribution is -2.30. The number of ether oxygens (including phenoxy) is 1. The van der Waals surface area contributed by atoms with Gasteiger partial charge >= 0.3 is 0 Å². The first-order valence-electron chi connectivity index (χ1n) is 4.41. The van der Waals surface area contributed by atoms with Crippen molar-refractivity contribution in [1.82, 2.24) is 4.98 Å². The maximum absolute atomic E-state index is 8.75. The summed E-state index contributed by atoms with van der Waals surface area (Å²) in [6, 6.07) is 5.89. The van der Waals surface area contributed by atoms with E-state index >= 15 is 0 Å². The minimum absolute atomic E-state index is 0.493. The van der Waals surface area contributed by atoms with Gasteiger partial charge in [0.2, 0.25) is 0 Å². The topological polar surface area (TPSA) is 45.9 Å². The predicted octanol–water partition coefficient (Wildman–Crippen LogP) is 1.75. The predicted molar refractivity (Wildman–Crippen MR) is 54.2 cm³/mol. The van der Waals surface area contributed by atoms with Crippen molar-refractivity contribution in [2.24, 2.45) is 0 Å². The second-order valence-corrected chi connectivity index (χ2v) is 4.59. The highest BCUT2D eigenvalue weighted by atomic mass is 32.2. The molecule has 0 atom stereocenters. The van der Waals surface area contributed by atoms with Gasteiger partial charge in [0.05, 0.1) is 18.5 Å². The largest absolute Gasteiger partial charge is 0.379 e. The minimum atomic E-state index is 0.493. The Hall–Kier alpha value is -1.05. The molecule has 0 saturated carbocycles. The molecule has 1 saturated heterocycles. The molecule has 0 aliphatic carbocycles. The summed E-state index contributed by atoms with van der Waals surface area (Å²) >= 11 is 1.76. The monoisotopic (exact) mass is 206 g/mol. The molecular weight excluding hydrogens is 196 g/mol. The molecule has 0 spiro atoms. The van der Waals surface area contributed by atoms with Crippen LogP contribution in [-0.4, -0.2) is 23.4 Å². The van der Waals surface area contributed by atoms with Crippen LogP contribution in [0, 0.1) is 18.3 Å². The van der Waals surface area contributed by atoms with Gasteiger partial charge in [-0.25, -0.2) is 4.98 Å². The summed E-state index contributed by atoms with van der Waals surface area (Å²) in [6.45, 7) is 3.53. The fraction of sp³-hybridized carbons (Fsp3) is 0.400. The minimum Gasteiger partial charge on any atom is -0.379 e. The van der Waals surface area contributed by atoms with Gasteiger partial charge in [-0.2, -0.15) is 5.26 Å². The lowest BCUT2D eigenvalue weighted by molar-refractivity contribution is 0.0455. The SMILES string of the molecule is Cc1cc(SC2COC2)cc(C#N)n1. The van der Waals surface area contributed by atoms with Crippen LogP contribution in [0.2, 0.25) is 0 Å². The summed E-state index contributed by atoms with van der Waals surface area (Å²) in [7, 11) is 0. The Morgan fingerprint density at radius 2 is 2.36 bits per heavy atom. The summed E-state index contributed by atoms with van der Waals surface area (Å²) in [6.07, 6.45) is 0. The van der Waals surface area contributed by atoms with Gasteiger partial charge in [0.15, 0.2) is 0 Å². The summed E-state index contributed by atoms with van der Waals surface area (Å²) in [5.41, 5.74) is 1.39. The smallest absolute Gasteiger partial charge is 0.141 e. The lowest BCUT2D eigenvalue weighted by atomic mass is 10.3. The summed E-state index contributed by atoms with van der Waals surface area (Å²) < 4.78 is 5.09. The van der Waals surface area contributed by atoms with E-state index in [0.29, 0.717) is 10.9 Å². The van der Waals surface area contributed by atoms with Gasteiger partial charge < -0.3 is 4.74 Å². The van der Waals surface area contributed by atoms with Crippen molar-refractivity contribution in [3.8, 4) is 6.07 Å². The first-order chi connectivity index (χ1) is 6.78. The highest BCUT2D eigenvalue weighted by Crippen LogP contribution is 2.28. The van der Waals surface area contributed by atoms with Gasteiger partial charge in [-0.05, 0) is 19.1 Å². The number of pyridine rings is 1. The fourth-order valence-corrected chi connectivity index (χ4v) is 2.37. The van der Waals surface area contributed by atoms with Gasteiger partial charge in [0.25, 0.3) is 0 Å². The zero-order valence-electron chi connectivity index (χ0n) is 7.86. The molecule has 1 aliphatic heterocycles. The normalized spacial score (nSPS) is 16.0.